The SMILES string of the molecule is CN(Cc1ccoc1)C(=O)N1CCCC(C(=O)O)C1. The lowest BCUT2D eigenvalue weighted by Crippen LogP contribution is -2.47. The van der Waals surface area contributed by atoms with E-state index in [0.717, 1.165) is 12.0 Å². The zero-order chi connectivity index (χ0) is 13.8. The molecule has 19 heavy (non-hydrogen) atoms. The first kappa shape index (κ1) is 13.5. The van der Waals surface area contributed by atoms with E-state index in [0.29, 0.717) is 26.1 Å². The minimum absolute atomic E-state index is 0.132. The Kier molecular flexibility index (Phi) is 4.09. The summed E-state index contributed by atoms with van der Waals surface area (Å²) in [6, 6.07) is 1.67. The van der Waals surface area contributed by atoms with Gasteiger partial charge < -0.3 is 19.3 Å². The van der Waals surface area contributed by atoms with Gasteiger partial charge in [0, 0.05) is 25.7 Å². The number of likely N-dealkylation sites (tertiary alicyclic amines) is 1. The quantitative estimate of drug-likeness (QED) is 0.902. The lowest BCUT2D eigenvalue weighted by molar-refractivity contribution is -0.143. The zero-order valence-corrected chi connectivity index (χ0v) is 10.9. The molecule has 0 spiro atoms. The van der Waals surface area contributed by atoms with Crippen LogP contribution in [0.25, 0.3) is 0 Å². The molecule has 2 rings (SSSR count). The van der Waals surface area contributed by atoms with E-state index in [1.165, 1.54) is 0 Å². The Morgan fingerprint density at radius 3 is 3.00 bits per heavy atom. The van der Waals surface area contributed by atoms with Gasteiger partial charge >= 0.3 is 12.0 Å². The molecule has 2 heterocycles. The largest absolute Gasteiger partial charge is 0.481 e. The van der Waals surface area contributed by atoms with Gasteiger partial charge in [0.05, 0.1) is 25.0 Å². The summed E-state index contributed by atoms with van der Waals surface area (Å²) in [6.07, 6.45) is 4.54. The lowest BCUT2D eigenvalue weighted by atomic mass is 9.99. The fourth-order valence-corrected chi connectivity index (χ4v) is 2.32. The highest BCUT2D eigenvalue weighted by molar-refractivity contribution is 5.76. The Hall–Kier alpha value is -1.98. The van der Waals surface area contributed by atoms with Gasteiger partial charge in [-0.05, 0) is 18.9 Å². The maximum absolute atomic E-state index is 12.2. The molecular weight excluding hydrogens is 248 g/mol. The van der Waals surface area contributed by atoms with Crippen molar-refractivity contribution in [2.24, 2.45) is 5.92 Å². The predicted octanol–water partition coefficient (Wildman–Crippen LogP) is 1.63. The molecule has 104 valence electrons. The number of piperidine rings is 1. The minimum Gasteiger partial charge on any atom is -0.481 e. The molecule has 1 atom stereocenters. The monoisotopic (exact) mass is 266 g/mol. The van der Waals surface area contributed by atoms with E-state index in [4.69, 9.17) is 9.52 Å². The average Bonchev–Trinajstić information content (AvgIpc) is 2.90. The Morgan fingerprint density at radius 2 is 2.37 bits per heavy atom. The van der Waals surface area contributed by atoms with Crippen molar-refractivity contribution in [3.05, 3.63) is 24.2 Å². The topological polar surface area (TPSA) is 74.0 Å². The number of carbonyl (C=O) groups is 2. The fourth-order valence-electron chi connectivity index (χ4n) is 2.32. The van der Waals surface area contributed by atoms with Crippen LogP contribution >= 0.6 is 0 Å². The summed E-state index contributed by atoms with van der Waals surface area (Å²) in [4.78, 5) is 26.4. The second kappa shape index (κ2) is 5.77. The Morgan fingerprint density at radius 1 is 1.58 bits per heavy atom. The zero-order valence-electron chi connectivity index (χ0n) is 10.9. The van der Waals surface area contributed by atoms with Crippen LogP contribution in [0.5, 0.6) is 0 Å². The van der Waals surface area contributed by atoms with Crippen LogP contribution in [0, 0.1) is 5.92 Å². The number of aliphatic carboxylic acids is 1. The molecule has 0 saturated carbocycles. The van der Waals surface area contributed by atoms with Gasteiger partial charge in [0.25, 0.3) is 0 Å². The number of rotatable bonds is 3. The van der Waals surface area contributed by atoms with E-state index in [2.05, 4.69) is 0 Å². The fraction of sp³-hybridized carbons (Fsp3) is 0.538. The highest BCUT2D eigenvalue weighted by atomic mass is 16.4. The van der Waals surface area contributed by atoms with E-state index in [1.807, 2.05) is 0 Å². The first-order chi connectivity index (χ1) is 9.08. The van der Waals surface area contributed by atoms with Crippen molar-refractivity contribution in [1.82, 2.24) is 9.80 Å². The number of carbonyl (C=O) groups excluding carboxylic acids is 1. The van der Waals surface area contributed by atoms with Crippen LogP contribution in [0.1, 0.15) is 18.4 Å². The molecule has 1 aliphatic heterocycles. The van der Waals surface area contributed by atoms with Gasteiger partial charge in [0.15, 0.2) is 0 Å². The van der Waals surface area contributed by atoms with Crippen molar-refractivity contribution < 1.29 is 19.1 Å². The van der Waals surface area contributed by atoms with Gasteiger partial charge in [-0.3, -0.25) is 4.79 Å². The Bertz CT molecular complexity index is 444. The van der Waals surface area contributed by atoms with E-state index >= 15 is 0 Å². The maximum Gasteiger partial charge on any atom is 0.320 e. The molecule has 2 amide bonds. The maximum atomic E-state index is 12.2. The van der Waals surface area contributed by atoms with Crippen molar-refractivity contribution >= 4 is 12.0 Å². The summed E-state index contributed by atoms with van der Waals surface area (Å²) >= 11 is 0. The number of urea groups is 1. The van der Waals surface area contributed by atoms with Crippen LogP contribution in [-0.4, -0.2) is 47.0 Å². The minimum atomic E-state index is -0.824. The molecular formula is C13H18N2O4. The number of carboxylic acid groups (broad SMARTS) is 1. The van der Waals surface area contributed by atoms with Gasteiger partial charge in [-0.2, -0.15) is 0 Å². The normalized spacial score (nSPS) is 19.2. The first-order valence-corrected chi connectivity index (χ1v) is 6.32. The van der Waals surface area contributed by atoms with Crippen LogP contribution < -0.4 is 0 Å². The number of carboxylic acids is 1. The van der Waals surface area contributed by atoms with Crippen LogP contribution in [0.3, 0.4) is 0 Å². The summed E-state index contributed by atoms with van der Waals surface area (Å²) < 4.78 is 4.96. The van der Waals surface area contributed by atoms with E-state index in [1.54, 1.807) is 35.4 Å². The van der Waals surface area contributed by atoms with Crippen molar-refractivity contribution in [3.8, 4) is 0 Å². The van der Waals surface area contributed by atoms with E-state index in [9.17, 15) is 9.59 Å². The lowest BCUT2D eigenvalue weighted by Gasteiger charge is -2.33. The summed E-state index contributed by atoms with van der Waals surface area (Å²) in [5.74, 6) is -1.27. The van der Waals surface area contributed by atoms with Crippen molar-refractivity contribution in [1.29, 1.82) is 0 Å². The van der Waals surface area contributed by atoms with Gasteiger partial charge in [0.1, 0.15) is 0 Å². The molecule has 1 aromatic rings. The molecule has 1 aromatic heterocycles. The van der Waals surface area contributed by atoms with Gasteiger partial charge in [-0.15, -0.1) is 0 Å². The molecule has 0 aromatic carbocycles. The third-order valence-corrected chi connectivity index (χ3v) is 3.37. The Balaban J connectivity index is 1.93. The second-order valence-electron chi connectivity index (χ2n) is 4.89. The van der Waals surface area contributed by atoms with E-state index in [-0.39, 0.29) is 6.03 Å². The van der Waals surface area contributed by atoms with Crippen LogP contribution in [-0.2, 0) is 11.3 Å². The van der Waals surface area contributed by atoms with Crippen LogP contribution in [0.15, 0.2) is 23.0 Å². The number of furan rings is 1. The van der Waals surface area contributed by atoms with Gasteiger partial charge in [-0.25, -0.2) is 4.79 Å². The molecule has 6 heteroatoms. The number of hydrogen-bond acceptors (Lipinski definition) is 3. The summed E-state index contributed by atoms with van der Waals surface area (Å²) in [5.41, 5.74) is 0.919. The summed E-state index contributed by atoms with van der Waals surface area (Å²) in [7, 11) is 1.71. The number of nitrogens with zero attached hydrogens (tertiary/aromatic N) is 2. The molecule has 1 fully saturated rings. The smallest absolute Gasteiger partial charge is 0.320 e. The van der Waals surface area contributed by atoms with Gasteiger partial charge in [-0.1, -0.05) is 0 Å². The van der Waals surface area contributed by atoms with Gasteiger partial charge in [0.2, 0.25) is 0 Å². The molecule has 0 aliphatic carbocycles. The number of hydrogen-bond donors (Lipinski definition) is 1. The molecule has 1 N–H and O–H groups in total. The standard InChI is InChI=1S/C13H18N2O4/c1-14(7-10-4-6-19-9-10)13(18)15-5-2-3-11(8-15)12(16)17/h4,6,9,11H,2-3,5,7-8H2,1H3,(H,16,17). The molecule has 1 aliphatic rings. The van der Waals surface area contributed by atoms with Crippen LogP contribution in [0.2, 0.25) is 0 Å². The highest BCUT2D eigenvalue weighted by Gasteiger charge is 2.29. The van der Waals surface area contributed by atoms with E-state index < -0.39 is 11.9 Å². The second-order valence-corrected chi connectivity index (χ2v) is 4.89. The average molecular weight is 266 g/mol. The first-order valence-electron chi connectivity index (χ1n) is 6.32. The highest BCUT2D eigenvalue weighted by Crippen LogP contribution is 2.18. The van der Waals surface area contributed by atoms with Crippen molar-refractivity contribution in [3.63, 3.8) is 0 Å². The molecule has 1 unspecified atom stereocenters. The summed E-state index contributed by atoms with van der Waals surface area (Å²) in [5, 5.41) is 9.02. The predicted molar refractivity (Wildman–Crippen MR) is 67.5 cm³/mol. The third-order valence-electron chi connectivity index (χ3n) is 3.37. The molecule has 1 saturated heterocycles. The van der Waals surface area contributed by atoms with Crippen molar-refractivity contribution in [2.75, 3.05) is 20.1 Å². The van der Waals surface area contributed by atoms with Crippen LogP contribution in [0.4, 0.5) is 4.79 Å². The molecule has 0 bridgehead atoms. The van der Waals surface area contributed by atoms with Crippen molar-refractivity contribution in [2.45, 2.75) is 19.4 Å². The summed E-state index contributed by atoms with van der Waals surface area (Å²) in [6.45, 7) is 1.38. The Labute approximate surface area is 111 Å². The third kappa shape index (κ3) is 3.27. The molecule has 6 nitrogen and oxygen atoms in total. The molecule has 0 radical (unpaired) electrons. The number of amides is 2.